The Bertz CT molecular complexity index is 869. The van der Waals surface area contributed by atoms with Crippen LogP contribution < -0.4 is 5.32 Å². The number of aromatic nitrogens is 1. The summed E-state index contributed by atoms with van der Waals surface area (Å²) < 4.78 is 16.5. The maximum Gasteiger partial charge on any atom is 0.416 e. The highest BCUT2D eigenvalue weighted by Crippen LogP contribution is 2.21. The van der Waals surface area contributed by atoms with E-state index in [1.54, 1.807) is 24.4 Å². The van der Waals surface area contributed by atoms with E-state index >= 15 is 0 Å². The zero-order valence-corrected chi connectivity index (χ0v) is 26.2. The summed E-state index contributed by atoms with van der Waals surface area (Å²) in [6, 6.07) is 5.30. The highest BCUT2D eigenvalue weighted by molar-refractivity contribution is 5.90. The van der Waals surface area contributed by atoms with E-state index in [-0.39, 0.29) is 32.0 Å². The number of ether oxygens (including phenoxy) is 3. The average Bonchev–Trinajstić information content (AvgIpc) is 3.45. The van der Waals surface area contributed by atoms with Crippen molar-refractivity contribution in [2.24, 2.45) is 0 Å². The van der Waals surface area contributed by atoms with Crippen LogP contribution >= 0.6 is 0 Å². The number of amides is 3. The van der Waals surface area contributed by atoms with Crippen LogP contribution in [0.15, 0.2) is 24.4 Å². The quantitative estimate of drug-likeness (QED) is 0.138. The number of nitrogens with one attached hydrogen (secondary N) is 1. The average molecular weight is 590 g/mol. The third-order valence-corrected chi connectivity index (χ3v) is 7.68. The largest absolute Gasteiger partial charge is 0.447 e. The smallest absolute Gasteiger partial charge is 0.416 e. The van der Waals surface area contributed by atoms with E-state index in [2.05, 4.69) is 17.2 Å². The molecule has 9 nitrogen and oxygen atoms in total. The van der Waals surface area contributed by atoms with Crippen LogP contribution in [0.2, 0.25) is 0 Å². The molecule has 1 saturated heterocycles. The molecule has 42 heavy (non-hydrogen) atoms. The molecule has 0 spiro atoms. The molecule has 0 unspecified atom stereocenters. The summed E-state index contributed by atoms with van der Waals surface area (Å²) in [6.45, 7) is 4.44. The Morgan fingerprint density at radius 3 is 1.90 bits per heavy atom. The van der Waals surface area contributed by atoms with E-state index in [4.69, 9.17) is 14.2 Å². The van der Waals surface area contributed by atoms with Gasteiger partial charge in [-0.05, 0) is 31.4 Å². The fourth-order valence-electron chi connectivity index (χ4n) is 5.13. The van der Waals surface area contributed by atoms with Crippen molar-refractivity contribution < 1.29 is 28.6 Å². The van der Waals surface area contributed by atoms with Crippen LogP contribution in [-0.4, -0.2) is 59.9 Å². The number of hydrogen-bond acceptors (Lipinski definition) is 7. The SMILES string of the molecule is CCCCCCCCCCCCCCCCCNC(=O)OC[C@H]1CC[C@@H](COC(=O)N(Cc2ccccn2)C(C)=O)O1. The van der Waals surface area contributed by atoms with Crippen LogP contribution in [0.1, 0.15) is 129 Å². The number of unbranched alkanes of at least 4 members (excludes halogenated alkanes) is 14. The lowest BCUT2D eigenvalue weighted by Gasteiger charge is -2.20. The molecule has 1 aliphatic heterocycles. The molecular weight excluding hydrogens is 534 g/mol. The minimum absolute atomic E-state index is 0.0344. The molecule has 2 rings (SSSR count). The van der Waals surface area contributed by atoms with E-state index in [1.165, 1.54) is 90.4 Å². The first kappa shape index (κ1) is 35.5. The second-order valence-electron chi connectivity index (χ2n) is 11.4. The summed E-state index contributed by atoms with van der Waals surface area (Å²) in [4.78, 5) is 41.6. The lowest BCUT2D eigenvalue weighted by Crippen LogP contribution is -2.37. The van der Waals surface area contributed by atoms with Gasteiger partial charge in [0, 0.05) is 19.7 Å². The standard InChI is InChI=1S/C33H55N3O6/c1-3-4-5-6-7-8-9-10-11-12-13-14-15-16-18-24-35-32(38)40-26-30-21-22-31(42-30)27-41-33(39)36(28(2)37)25-29-20-17-19-23-34-29/h17,19-20,23,30-31H,3-16,18,21-22,24-27H2,1-2H3,(H,35,38)/t30-,31+/m1/s1. The molecule has 2 atom stereocenters. The van der Waals surface area contributed by atoms with E-state index in [1.807, 2.05) is 0 Å². The molecule has 2 heterocycles. The normalized spacial score (nSPS) is 16.2. The lowest BCUT2D eigenvalue weighted by atomic mass is 10.0. The van der Waals surface area contributed by atoms with Gasteiger partial charge in [-0.1, -0.05) is 103 Å². The molecule has 9 heteroatoms. The summed E-state index contributed by atoms with van der Waals surface area (Å²) in [7, 11) is 0. The van der Waals surface area contributed by atoms with Crippen molar-refractivity contribution >= 4 is 18.1 Å². The number of nitrogens with zero attached hydrogens (tertiary/aromatic N) is 2. The molecule has 3 amide bonds. The van der Waals surface area contributed by atoms with Gasteiger partial charge in [0.05, 0.1) is 24.4 Å². The third kappa shape index (κ3) is 16.7. The minimum Gasteiger partial charge on any atom is -0.447 e. The number of carbonyl (C=O) groups is 3. The predicted molar refractivity (Wildman–Crippen MR) is 164 cm³/mol. The van der Waals surface area contributed by atoms with E-state index < -0.39 is 18.1 Å². The van der Waals surface area contributed by atoms with Gasteiger partial charge in [-0.2, -0.15) is 0 Å². The van der Waals surface area contributed by atoms with Crippen LogP contribution in [0.25, 0.3) is 0 Å². The van der Waals surface area contributed by atoms with Crippen molar-refractivity contribution in [2.75, 3.05) is 19.8 Å². The Morgan fingerprint density at radius 2 is 1.38 bits per heavy atom. The summed E-state index contributed by atoms with van der Waals surface area (Å²) in [6.07, 6.45) is 21.0. The van der Waals surface area contributed by atoms with Gasteiger partial charge in [0.1, 0.15) is 13.2 Å². The number of imide groups is 1. The second kappa shape index (κ2) is 22.9. The van der Waals surface area contributed by atoms with E-state index in [0.717, 1.165) is 17.7 Å². The van der Waals surface area contributed by atoms with Crippen LogP contribution in [-0.2, 0) is 25.5 Å². The molecule has 0 saturated carbocycles. The summed E-state index contributed by atoms with van der Waals surface area (Å²) >= 11 is 0. The number of carbonyl (C=O) groups excluding carboxylic acids is 3. The van der Waals surface area contributed by atoms with E-state index in [9.17, 15) is 14.4 Å². The summed E-state index contributed by atoms with van der Waals surface area (Å²) in [5.41, 5.74) is 0.594. The van der Waals surface area contributed by atoms with E-state index in [0.29, 0.717) is 25.1 Å². The van der Waals surface area contributed by atoms with Gasteiger partial charge in [-0.25, -0.2) is 14.5 Å². The molecule has 0 bridgehead atoms. The van der Waals surface area contributed by atoms with Gasteiger partial charge in [0.2, 0.25) is 5.91 Å². The number of pyridine rings is 1. The third-order valence-electron chi connectivity index (χ3n) is 7.68. The maximum absolute atomic E-state index is 12.5. The summed E-state index contributed by atoms with van der Waals surface area (Å²) in [5, 5.41) is 2.82. The van der Waals surface area contributed by atoms with Gasteiger partial charge in [-0.15, -0.1) is 0 Å². The van der Waals surface area contributed by atoms with Crippen molar-refractivity contribution in [3.05, 3.63) is 30.1 Å². The Morgan fingerprint density at radius 1 is 0.833 bits per heavy atom. The maximum atomic E-state index is 12.5. The fraction of sp³-hybridized carbons (Fsp3) is 0.758. The molecule has 238 valence electrons. The molecule has 1 aromatic heterocycles. The second-order valence-corrected chi connectivity index (χ2v) is 11.4. The minimum atomic E-state index is -0.727. The number of hydrogen-bond donors (Lipinski definition) is 1. The first-order valence-corrected chi connectivity index (χ1v) is 16.4. The fourth-order valence-corrected chi connectivity index (χ4v) is 5.13. The van der Waals surface area contributed by atoms with Crippen LogP contribution in [0.5, 0.6) is 0 Å². The zero-order chi connectivity index (χ0) is 30.3. The van der Waals surface area contributed by atoms with Crippen molar-refractivity contribution in [3.8, 4) is 0 Å². The zero-order valence-electron chi connectivity index (χ0n) is 26.2. The summed E-state index contributed by atoms with van der Waals surface area (Å²) in [5.74, 6) is -0.417. The molecular formula is C33H55N3O6. The number of rotatable bonds is 22. The van der Waals surface area contributed by atoms with Gasteiger partial charge in [0.25, 0.3) is 0 Å². The van der Waals surface area contributed by atoms with Gasteiger partial charge >= 0.3 is 12.2 Å². The highest BCUT2D eigenvalue weighted by atomic mass is 16.6. The van der Waals surface area contributed by atoms with Crippen molar-refractivity contribution in [2.45, 2.75) is 142 Å². The monoisotopic (exact) mass is 589 g/mol. The van der Waals surface area contributed by atoms with Crippen LogP contribution in [0, 0.1) is 0 Å². The first-order valence-electron chi connectivity index (χ1n) is 16.4. The topological polar surface area (TPSA) is 107 Å². The Kier molecular flexibility index (Phi) is 19.3. The number of alkyl carbamates (subject to hydrolysis) is 1. The van der Waals surface area contributed by atoms with Crippen LogP contribution in [0.4, 0.5) is 9.59 Å². The molecule has 0 aromatic carbocycles. The highest BCUT2D eigenvalue weighted by Gasteiger charge is 2.29. The molecule has 1 fully saturated rings. The van der Waals surface area contributed by atoms with Gasteiger partial charge < -0.3 is 19.5 Å². The van der Waals surface area contributed by atoms with Crippen molar-refractivity contribution in [1.29, 1.82) is 0 Å². The predicted octanol–water partition coefficient (Wildman–Crippen LogP) is 7.71. The lowest BCUT2D eigenvalue weighted by molar-refractivity contribution is -0.128. The Hall–Kier alpha value is -2.68. The van der Waals surface area contributed by atoms with Crippen molar-refractivity contribution in [3.63, 3.8) is 0 Å². The molecule has 1 aromatic rings. The van der Waals surface area contributed by atoms with Gasteiger partial charge in [0.15, 0.2) is 0 Å². The Balaban J connectivity index is 1.41. The molecule has 0 aliphatic carbocycles. The molecule has 0 radical (unpaired) electrons. The Labute approximate surface area is 253 Å². The first-order chi connectivity index (χ1) is 20.5. The molecule has 1 aliphatic rings. The van der Waals surface area contributed by atoms with Crippen LogP contribution in [0.3, 0.4) is 0 Å². The van der Waals surface area contributed by atoms with Gasteiger partial charge in [-0.3, -0.25) is 9.78 Å². The van der Waals surface area contributed by atoms with Crippen molar-refractivity contribution in [1.82, 2.24) is 15.2 Å². The molecule has 1 N–H and O–H groups in total.